The summed E-state index contributed by atoms with van der Waals surface area (Å²) in [6.07, 6.45) is 3.64. The van der Waals surface area contributed by atoms with E-state index >= 15 is 0 Å². The van der Waals surface area contributed by atoms with Crippen LogP contribution in [0.4, 0.5) is 4.39 Å². The van der Waals surface area contributed by atoms with E-state index in [9.17, 15) is 9.18 Å². The molecule has 0 saturated heterocycles. The largest absolute Gasteiger partial charge is 0.345 e. The third kappa shape index (κ3) is 3.76. The third-order valence-electron chi connectivity index (χ3n) is 3.12. The van der Waals surface area contributed by atoms with Crippen molar-refractivity contribution >= 4 is 12.0 Å². The van der Waals surface area contributed by atoms with Gasteiger partial charge >= 0.3 is 0 Å². The van der Waals surface area contributed by atoms with Crippen molar-refractivity contribution in [2.75, 3.05) is 0 Å². The summed E-state index contributed by atoms with van der Waals surface area (Å²) in [7, 11) is 0. The summed E-state index contributed by atoms with van der Waals surface area (Å²) in [5, 5.41) is 11.8. The normalized spacial score (nSPS) is 12.3. The summed E-state index contributed by atoms with van der Waals surface area (Å²) in [6.45, 7) is 1.81. The molecule has 2 rings (SSSR count). The Morgan fingerprint density at radius 1 is 1.36 bits per heavy atom. The van der Waals surface area contributed by atoms with E-state index in [1.54, 1.807) is 6.07 Å². The summed E-state index contributed by atoms with van der Waals surface area (Å²) in [5.41, 5.74) is 0.908. The monoisotopic (exact) mass is 295 g/mol. The molecule has 1 N–H and O–H groups in total. The summed E-state index contributed by atoms with van der Waals surface area (Å²) in [4.78, 5) is 15.8. The van der Waals surface area contributed by atoms with Crippen LogP contribution in [0.2, 0.25) is 0 Å². The number of carbonyl (C=O) groups is 1. The van der Waals surface area contributed by atoms with Gasteiger partial charge in [0.05, 0.1) is 12.2 Å². The zero-order valence-corrected chi connectivity index (χ0v) is 12.0. The molecule has 0 bridgehead atoms. The standard InChI is InChI=1S/C17H14FN3O/c1-12(13-5-3-2-4-6-13)21-17(22)15(10-19)9-14-7-8-20-11-16(14)18/h2-9,11-12H,1H3,(H,21,22)/b15-9+. The topological polar surface area (TPSA) is 65.8 Å². The second-order valence-electron chi connectivity index (χ2n) is 4.67. The molecule has 110 valence electrons. The second-order valence-corrected chi connectivity index (χ2v) is 4.67. The molecule has 22 heavy (non-hydrogen) atoms. The highest BCUT2D eigenvalue weighted by atomic mass is 19.1. The highest BCUT2D eigenvalue weighted by molar-refractivity contribution is 6.01. The Morgan fingerprint density at radius 3 is 2.73 bits per heavy atom. The zero-order chi connectivity index (χ0) is 15.9. The van der Waals surface area contributed by atoms with E-state index in [1.807, 2.05) is 37.3 Å². The quantitative estimate of drug-likeness (QED) is 0.696. The van der Waals surface area contributed by atoms with Crippen LogP contribution in [0.25, 0.3) is 6.08 Å². The van der Waals surface area contributed by atoms with Crippen molar-refractivity contribution in [2.45, 2.75) is 13.0 Å². The van der Waals surface area contributed by atoms with Crippen LogP contribution in [0, 0.1) is 17.1 Å². The molecule has 0 saturated carbocycles. The number of nitriles is 1. The van der Waals surface area contributed by atoms with Gasteiger partial charge in [0.15, 0.2) is 0 Å². The molecule has 0 aliphatic heterocycles. The van der Waals surface area contributed by atoms with Gasteiger partial charge in [-0.3, -0.25) is 9.78 Å². The van der Waals surface area contributed by atoms with Gasteiger partial charge in [0, 0.05) is 11.8 Å². The maximum atomic E-state index is 13.5. The molecule has 0 aliphatic carbocycles. The molecule has 1 atom stereocenters. The summed E-state index contributed by atoms with van der Waals surface area (Å²) >= 11 is 0. The molecule has 0 radical (unpaired) electrons. The van der Waals surface area contributed by atoms with Crippen molar-refractivity contribution < 1.29 is 9.18 Å². The first-order valence-corrected chi connectivity index (χ1v) is 6.69. The number of pyridine rings is 1. The molecule has 4 nitrogen and oxygen atoms in total. The molecule has 1 amide bonds. The molecular formula is C17H14FN3O. The van der Waals surface area contributed by atoms with Gasteiger partial charge in [0.2, 0.25) is 0 Å². The fourth-order valence-electron chi connectivity index (χ4n) is 1.91. The van der Waals surface area contributed by atoms with Crippen LogP contribution in [0.5, 0.6) is 0 Å². The van der Waals surface area contributed by atoms with Gasteiger partial charge in [-0.1, -0.05) is 30.3 Å². The molecule has 0 aliphatic rings. The lowest BCUT2D eigenvalue weighted by atomic mass is 10.1. The Bertz CT molecular complexity index is 735. The first-order chi connectivity index (χ1) is 10.6. The predicted molar refractivity (Wildman–Crippen MR) is 80.8 cm³/mol. The van der Waals surface area contributed by atoms with Crippen molar-refractivity contribution in [1.29, 1.82) is 5.26 Å². The number of hydrogen-bond donors (Lipinski definition) is 1. The van der Waals surface area contributed by atoms with E-state index < -0.39 is 11.7 Å². The van der Waals surface area contributed by atoms with E-state index in [2.05, 4.69) is 10.3 Å². The fourth-order valence-corrected chi connectivity index (χ4v) is 1.91. The number of hydrogen-bond acceptors (Lipinski definition) is 3. The van der Waals surface area contributed by atoms with Gasteiger partial charge in [0.25, 0.3) is 5.91 Å². The smallest absolute Gasteiger partial charge is 0.262 e. The van der Waals surface area contributed by atoms with E-state index in [1.165, 1.54) is 18.3 Å². The number of benzene rings is 1. The minimum Gasteiger partial charge on any atom is -0.345 e. The molecule has 1 aromatic carbocycles. The van der Waals surface area contributed by atoms with Crippen LogP contribution in [-0.2, 0) is 4.79 Å². The van der Waals surface area contributed by atoms with Gasteiger partial charge in [-0.2, -0.15) is 5.26 Å². The van der Waals surface area contributed by atoms with E-state index in [4.69, 9.17) is 5.26 Å². The lowest BCUT2D eigenvalue weighted by Crippen LogP contribution is -2.27. The number of amides is 1. The summed E-state index contributed by atoms with van der Waals surface area (Å²) < 4.78 is 13.5. The van der Waals surface area contributed by atoms with Gasteiger partial charge in [-0.05, 0) is 24.6 Å². The van der Waals surface area contributed by atoms with Crippen molar-refractivity contribution in [3.05, 3.63) is 71.3 Å². The summed E-state index contributed by atoms with van der Waals surface area (Å²) in [6, 6.07) is 12.3. The molecular weight excluding hydrogens is 281 g/mol. The number of aromatic nitrogens is 1. The average Bonchev–Trinajstić information content (AvgIpc) is 2.54. The average molecular weight is 295 g/mol. The highest BCUT2D eigenvalue weighted by Gasteiger charge is 2.14. The number of nitrogens with one attached hydrogen (secondary N) is 1. The zero-order valence-electron chi connectivity index (χ0n) is 12.0. The summed E-state index contributed by atoms with van der Waals surface area (Å²) in [5.74, 6) is -1.13. The fraction of sp³-hybridized carbons (Fsp3) is 0.118. The maximum Gasteiger partial charge on any atom is 0.262 e. The number of carbonyl (C=O) groups excluding carboxylic acids is 1. The Hall–Kier alpha value is -3.00. The highest BCUT2D eigenvalue weighted by Crippen LogP contribution is 2.14. The van der Waals surface area contributed by atoms with Gasteiger partial charge in [-0.25, -0.2) is 4.39 Å². The van der Waals surface area contributed by atoms with Crippen LogP contribution in [0.1, 0.15) is 24.1 Å². The Labute approximate surface area is 127 Å². The van der Waals surface area contributed by atoms with Gasteiger partial charge in [-0.15, -0.1) is 0 Å². The number of rotatable bonds is 4. The third-order valence-corrected chi connectivity index (χ3v) is 3.12. The first-order valence-electron chi connectivity index (χ1n) is 6.69. The van der Waals surface area contributed by atoms with Crippen LogP contribution in [-0.4, -0.2) is 10.9 Å². The molecule has 1 aromatic heterocycles. The van der Waals surface area contributed by atoms with Crippen molar-refractivity contribution in [1.82, 2.24) is 10.3 Å². The van der Waals surface area contributed by atoms with Crippen molar-refractivity contribution in [2.24, 2.45) is 0 Å². The Kier molecular flexibility index (Phi) is 4.99. The predicted octanol–water partition coefficient (Wildman–Crippen LogP) is 3.01. The Morgan fingerprint density at radius 2 is 2.09 bits per heavy atom. The van der Waals surface area contributed by atoms with Crippen LogP contribution in [0.15, 0.2) is 54.4 Å². The first kappa shape index (κ1) is 15.4. The maximum absolute atomic E-state index is 13.5. The van der Waals surface area contributed by atoms with Crippen molar-refractivity contribution in [3.63, 3.8) is 0 Å². The van der Waals surface area contributed by atoms with E-state index in [0.717, 1.165) is 11.8 Å². The minimum atomic E-state index is -0.584. The molecule has 0 spiro atoms. The minimum absolute atomic E-state index is 0.147. The van der Waals surface area contributed by atoms with Gasteiger partial charge in [0.1, 0.15) is 17.5 Å². The van der Waals surface area contributed by atoms with Gasteiger partial charge < -0.3 is 5.32 Å². The second kappa shape index (κ2) is 7.14. The van der Waals surface area contributed by atoms with Crippen LogP contribution in [0.3, 0.4) is 0 Å². The molecule has 1 heterocycles. The van der Waals surface area contributed by atoms with E-state index in [-0.39, 0.29) is 17.2 Å². The molecule has 1 unspecified atom stereocenters. The lowest BCUT2D eigenvalue weighted by Gasteiger charge is -2.13. The Balaban J connectivity index is 2.17. The van der Waals surface area contributed by atoms with Crippen molar-refractivity contribution in [3.8, 4) is 6.07 Å². The number of nitrogens with zero attached hydrogens (tertiary/aromatic N) is 2. The lowest BCUT2D eigenvalue weighted by molar-refractivity contribution is -0.117. The molecule has 0 fully saturated rings. The SMILES string of the molecule is CC(NC(=O)/C(C#N)=C/c1ccncc1F)c1ccccc1. The molecule has 5 heteroatoms. The van der Waals surface area contributed by atoms with Crippen LogP contribution < -0.4 is 5.32 Å². The number of halogens is 1. The van der Waals surface area contributed by atoms with Crippen LogP contribution >= 0.6 is 0 Å². The molecule has 2 aromatic rings. The van der Waals surface area contributed by atoms with E-state index in [0.29, 0.717) is 0 Å².